The van der Waals surface area contributed by atoms with Crippen molar-refractivity contribution < 1.29 is 4.42 Å². The summed E-state index contributed by atoms with van der Waals surface area (Å²) in [5, 5.41) is 0. The molecule has 0 amide bonds. The normalized spacial score (nSPS) is 12.6. The number of rotatable bonds is 5. The summed E-state index contributed by atoms with van der Waals surface area (Å²) in [5.41, 5.74) is 7.18. The smallest absolute Gasteiger partial charge is 0.113 e. The lowest BCUT2D eigenvalue weighted by molar-refractivity contribution is 0.530. The van der Waals surface area contributed by atoms with Crippen LogP contribution >= 0.6 is 27.7 Å². The van der Waals surface area contributed by atoms with Gasteiger partial charge in [-0.1, -0.05) is 15.9 Å². The van der Waals surface area contributed by atoms with E-state index in [4.69, 9.17) is 10.2 Å². The average molecular weight is 326 g/mol. The summed E-state index contributed by atoms with van der Waals surface area (Å²) in [6.45, 7) is 2.03. The maximum Gasteiger partial charge on any atom is 0.113 e. The van der Waals surface area contributed by atoms with Crippen LogP contribution in [0, 0.1) is 0 Å². The average Bonchev–Trinajstić information content (AvgIpc) is 2.80. The van der Waals surface area contributed by atoms with Gasteiger partial charge in [0.2, 0.25) is 0 Å². The van der Waals surface area contributed by atoms with Crippen molar-refractivity contribution in [3.63, 3.8) is 0 Å². The lowest BCUT2D eigenvalue weighted by Crippen LogP contribution is -2.18. The van der Waals surface area contributed by atoms with Crippen LogP contribution in [0.1, 0.15) is 18.2 Å². The highest BCUT2D eigenvalue weighted by Crippen LogP contribution is 2.29. The highest BCUT2D eigenvalue weighted by Gasteiger charge is 2.07. The van der Waals surface area contributed by atoms with E-state index in [0.29, 0.717) is 0 Å². The van der Waals surface area contributed by atoms with Gasteiger partial charge in [-0.15, -0.1) is 11.8 Å². The summed E-state index contributed by atoms with van der Waals surface area (Å²) < 4.78 is 6.44. The molecule has 1 unspecified atom stereocenters. The molecule has 0 spiro atoms. The van der Waals surface area contributed by atoms with Crippen LogP contribution in [0.5, 0.6) is 0 Å². The van der Waals surface area contributed by atoms with Gasteiger partial charge in [0.25, 0.3) is 0 Å². The first-order chi connectivity index (χ1) is 8.65. The Morgan fingerprint density at radius 2 is 2.22 bits per heavy atom. The Balaban J connectivity index is 2.10. The second-order valence-electron chi connectivity index (χ2n) is 4.30. The molecular formula is C14H16BrNOS. The molecule has 0 bridgehead atoms. The summed E-state index contributed by atoms with van der Waals surface area (Å²) >= 11 is 5.29. The van der Waals surface area contributed by atoms with Gasteiger partial charge in [0.15, 0.2) is 0 Å². The molecule has 0 saturated carbocycles. The molecule has 1 heterocycles. The molecule has 2 N–H and O–H groups in total. The van der Waals surface area contributed by atoms with E-state index in [0.717, 1.165) is 22.4 Å². The van der Waals surface area contributed by atoms with Crippen LogP contribution in [-0.2, 0) is 12.2 Å². The second-order valence-corrected chi connectivity index (χ2v) is 6.23. The minimum Gasteiger partial charge on any atom is -0.468 e. The van der Waals surface area contributed by atoms with E-state index in [9.17, 15) is 0 Å². The van der Waals surface area contributed by atoms with Crippen LogP contribution in [-0.4, -0.2) is 6.04 Å². The van der Waals surface area contributed by atoms with Gasteiger partial charge in [-0.25, -0.2) is 0 Å². The van der Waals surface area contributed by atoms with E-state index in [1.165, 1.54) is 10.5 Å². The minimum absolute atomic E-state index is 0.169. The number of hydrogen-bond acceptors (Lipinski definition) is 3. The van der Waals surface area contributed by atoms with Gasteiger partial charge < -0.3 is 10.2 Å². The summed E-state index contributed by atoms with van der Waals surface area (Å²) in [4.78, 5) is 1.27. The minimum atomic E-state index is 0.169. The summed E-state index contributed by atoms with van der Waals surface area (Å²) in [6, 6.07) is 10.4. The fourth-order valence-electron chi connectivity index (χ4n) is 1.74. The van der Waals surface area contributed by atoms with Crippen molar-refractivity contribution in [1.29, 1.82) is 0 Å². The second kappa shape index (κ2) is 6.45. The van der Waals surface area contributed by atoms with E-state index >= 15 is 0 Å². The third-order valence-electron chi connectivity index (χ3n) is 2.51. The molecule has 1 aromatic heterocycles. The van der Waals surface area contributed by atoms with Crippen molar-refractivity contribution >= 4 is 27.7 Å². The van der Waals surface area contributed by atoms with Crippen molar-refractivity contribution in [3.8, 4) is 0 Å². The first kappa shape index (κ1) is 13.7. The zero-order valence-electron chi connectivity index (χ0n) is 10.2. The number of furan rings is 1. The lowest BCUT2D eigenvalue weighted by Gasteiger charge is -2.11. The van der Waals surface area contributed by atoms with Gasteiger partial charge in [-0.2, -0.15) is 0 Å². The molecule has 2 aromatic rings. The van der Waals surface area contributed by atoms with Crippen LogP contribution in [0.4, 0.5) is 0 Å². The predicted molar refractivity (Wildman–Crippen MR) is 79.8 cm³/mol. The first-order valence-corrected chi connectivity index (χ1v) is 7.62. The van der Waals surface area contributed by atoms with Crippen LogP contribution in [0.2, 0.25) is 0 Å². The van der Waals surface area contributed by atoms with E-state index < -0.39 is 0 Å². The van der Waals surface area contributed by atoms with Crippen molar-refractivity contribution in [3.05, 3.63) is 52.4 Å². The number of nitrogens with two attached hydrogens (primary N) is 1. The van der Waals surface area contributed by atoms with Crippen molar-refractivity contribution in [2.45, 2.75) is 30.0 Å². The van der Waals surface area contributed by atoms with Gasteiger partial charge in [-0.05, 0) is 49.2 Å². The predicted octanol–water partition coefficient (Wildman–Crippen LogP) is 4.22. The van der Waals surface area contributed by atoms with Crippen LogP contribution < -0.4 is 5.73 Å². The molecule has 2 rings (SSSR count). The van der Waals surface area contributed by atoms with Gasteiger partial charge in [0.1, 0.15) is 5.76 Å². The molecule has 4 heteroatoms. The fraction of sp³-hybridized carbons (Fsp3) is 0.286. The monoisotopic (exact) mass is 325 g/mol. The highest BCUT2D eigenvalue weighted by molar-refractivity contribution is 9.10. The zero-order chi connectivity index (χ0) is 13.0. The maximum absolute atomic E-state index is 5.89. The van der Waals surface area contributed by atoms with Crippen molar-refractivity contribution in [2.24, 2.45) is 5.73 Å². The molecule has 1 atom stereocenters. The van der Waals surface area contributed by atoms with Crippen LogP contribution in [0.3, 0.4) is 0 Å². The summed E-state index contributed by atoms with van der Waals surface area (Å²) in [5.74, 6) is 1.84. The van der Waals surface area contributed by atoms with Crippen LogP contribution in [0.25, 0.3) is 0 Å². The number of halogens is 1. The maximum atomic E-state index is 5.89. The van der Waals surface area contributed by atoms with E-state index in [2.05, 4.69) is 34.1 Å². The van der Waals surface area contributed by atoms with Crippen molar-refractivity contribution in [1.82, 2.24) is 0 Å². The topological polar surface area (TPSA) is 39.2 Å². The SMILES string of the molecule is CC(N)Cc1cc(Br)ccc1SCc1ccco1. The molecule has 2 nitrogen and oxygen atoms in total. The number of thioether (sulfide) groups is 1. The Kier molecular flexibility index (Phi) is 4.92. The summed E-state index contributed by atoms with van der Waals surface area (Å²) in [6.07, 6.45) is 2.60. The number of benzene rings is 1. The molecule has 96 valence electrons. The Bertz CT molecular complexity index is 497. The van der Waals surface area contributed by atoms with Crippen LogP contribution in [0.15, 0.2) is 50.4 Å². The quantitative estimate of drug-likeness (QED) is 0.836. The molecule has 0 aliphatic heterocycles. The molecule has 0 radical (unpaired) electrons. The Morgan fingerprint density at radius 1 is 1.39 bits per heavy atom. The standard InChI is InChI=1S/C14H16BrNOS/c1-10(16)7-11-8-12(15)4-5-14(11)18-9-13-3-2-6-17-13/h2-6,8,10H,7,9,16H2,1H3. The largest absolute Gasteiger partial charge is 0.468 e. The molecule has 0 aliphatic carbocycles. The zero-order valence-corrected chi connectivity index (χ0v) is 12.6. The lowest BCUT2D eigenvalue weighted by atomic mass is 10.1. The van der Waals surface area contributed by atoms with Gasteiger partial charge in [0.05, 0.1) is 12.0 Å². The Labute approximate surface area is 120 Å². The Hall–Kier alpha value is -0.710. The van der Waals surface area contributed by atoms with Gasteiger partial charge >= 0.3 is 0 Å². The molecular weight excluding hydrogens is 310 g/mol. The third kappa shape index (κ3) is 3.90. The third-order valence-corrected chi connectivity index (χ3v) is 4.15. The first-order valence-electron chi connectivity index (χ1n) is 5.84. The molecule has 18 heavy (non-hydrogen) atoms. The summed E-state index contributed by atoms with van der Waals surface area (Å²) in [7, 11) is 0. The Morgan fingerprint density at radius 3 is 2.89 bits per heavy atom. The molecule has 0 saturated heterocycles. The molecule has 0 aliphatic rings. The van der Waals surface area contributed by atoms with Gasteiger partial charge in [-0.3, -0.25) is 0 Å². The van der Waals surface area contributed by atoms with Crippen molar-refractivity contribution in [2.75, 3.05) is 0 Å². The van der Waals surface area contributed by atoms with E-state index in [-0.39, 0.29) is 6.04 Å². The number of hydrogen-bond donors (Lipinski definition) is 1. The fourth-order valence-corrected chi connectivity index (χ4v) is 3.10. The van der Waals surface area contributed by atoms with Gasteiger partial charge in [0, 0.05) is 15.4 Å². The highest BCUT2D eigenvalue weighted by atomic mass is 79.9. The molecule has 0 fully saturated rings. The van der Waals surface area contributed by atoms with E-state index in [1.807, 2.05) is 19.1 Å². The van der Waals surface area contributed by atoms with E-state index in [1.54, 1.807) is 18.0 Å². The molecule has 1 aromatic carbocycles.